The quantitative estimate of drug-likeness (QED) is 0.223. The van der Waals surface area contributed by atoms with Gasteiger partial charge >= 0.3 is 0 Å². The molecule has 1 unspecified atom stereocenters. The molecular weight excluding hydrogens is 436 g/mol. The van der Waals surface area contributed by atoms with E-state index >= 15 is 0 Å². The second-order valence-corrected chi connectivity index (χ2v) is 14.3. The van der Waals surface area contributed by atoms with Gasteiger partial charge in [-0.1, -0.05) is 81.3 Å². The molecule has 0 aromatic heterocycles. The Morgan fingerprint density at radius 2 is 1.50 bits per heavy atom. The highest BCUT2D eigenvalue weighted by atomic mass is 28.4. The van der Waals surface area contributed by atoms with Crippen molar-refractivity contribution in [1.82, 2.24) is 0 Å². The molecule has 0 spiro atoms. The Hall–Kier alpha value is -2.18. The van der Waals surface area contributed by atoms with E-state index in [1.807, 2.05) is 6.08 Å². The Labute approximate surface area is 210 Å². The van der Waals surface area contributed by atoms with E-state index in [0.29, 0.717) is 32.5 Å². The van der Waals surface area contributed by atoms with Crippen LogP contribution in [0.5, 0.6) is 0 Å². The van der Waals surface area contributed by atoms with Crippen molar-refractivity contribution in [3.63, 3.8) is 0 Å². The molecule has 4 heteroatoms. The van der Waals surface area contributed by atoms with Crippen LogP contribution in [0.4, 0.5) is 0 Å². The third kappa shape index (κ3) is 14.2. The maximum Gasteiger partial charge on any atom is 0.192 e. The van der Waals surface area contributed by atoms with Gasteiger partial charge in [0, 0.05) is 12.8 Å². The Morgan fingerprint density at radius 3 is 2.09 bits per heavy atom. The van der Waals surface area contributed by atoms with E-state index in [1.54, 1.807) is 0 Å². The van der Waals surface area contributed by atoms with Crippen LogP contribution in [0.15, 0.2) is 24.3 Å². The lowest BCUT2D eigenvalue weighted by atomic mass is 10.2. The van der Waals surface area contributed by atoms with E-state index in [1.165, 1.54) is 0 Å². The molecule has 0 amide bonds. The van der Waals surface area contributed by atoms with Crippen LogP contribution in [0.2, 0.25) is 18.1 Å². The zero-order chi connectivity index (χ0) is 25.1. The fourth-order valence-corrected chi connectivity index (χ4v) is 3.97. The molecule has 1 rings (SSSR count). The topological polar surface area (TPSA) is 27.7 Å². The summed E-state index contributed by atoms with van der Waals surface area (Å²) < 4.78 is 17.3. The lowest BCUT2D eigenvalue weighted by Crippen LogP contribution is -2.43. The molecule has 1 aliphatic rings. The van der Waals surface area contributed by atoms with Crippen molar-refractivity contribution in [3.05, 3.63) is 24.3 Å². The molecule has 1 heterocycles. The summed E-state index contributed by atoms with van der Waals surface area (Å²) in [5.41, 5.74) is 0. The molecule has 0 saturated carbocycles. The minimum atomic E-state index is -1.83. The van der Waals surface area contributed by atoms with Gasteiger partial charge in [-0.05, 0) is 43.1 Å². The highest BCUT2D eigenvalue weighted by Gasteiger charge is 2.38. The van der Waals surface area contributed by atoms with Crippen LogP contribution in [0.25, 0.3) is 0 Å². The van der Waals surface area contributed by atoms with Gasteiger partial charge in [0.15, 0.2) is 14.6 Å². The van der Waals surface area contributed by atoms with Crippen molar-refractivity contribution in [2.45, 2.75) is 103 Å². The van der Waals surface area contributed by atoms with Crippen LogP contribution in [0.1, 0.15) is 72.6 Å². The van der Waals surface area contributed by atoms with Crippen LogP contribution in [0.3, 0.4) is 0 Å². The first-order valence-corrected chi connectivity index (χ1v) is 15.3. The summed E-state index contributed by atoms with van der Waals surface area (Å²) in [6.45, 7) is 14.9. The SMILES string of the molecule is CC/C=C\CC(/C=C/C#CCC#CCC#CCC#CCCC1OCCO1)O[Si](C)(C)C(C)(C)C. The smallest absolute Gasteiger partial charge is 0.192 e. The van der Waals surface area contributed by atoms with Gasteiger partial charge in [0.25, 0.3) is 0 Å². The molecule has 1 saturated heterocycles. The zero-order valence-electron chi connectivity index (χ0n) is 22.1. The fourth-order valence-electron chi connectivity index (χ4n) is 2.68. The molecular formula is C30H42O3Si. The summed E-state index contributed by atoms with van der Waals surface area (Å²) in [5, 5.41) is 0.185. The first kappa shape index (κ1) is 29.8. The monoisotopic (exact) mass is 478 g/mol. The number of hydrogen-bond acceptors (Lipinski definition) is 3. The van der Waals surface area contributed by atoms with E-state index < -0.39 is 8.32 Å². The highest BCUT2D eigenvalue weighted by molar-refractivity contribution is 6.74. The summed E-state index contributed by atoms with van der Waals surface area (Å²) in [7, 11) is -1.83. The molecule has 1 aliphatic heterocycles. The van der Waals surface area contributed by atoms with Crippen molar-refractivity contribution in [2.75, 3.05) is 13.2 Å². The predicted molar refractivity (Wildman–Crippen MR) is 145 cm³/mol. The molecule has 34 heavy (non-hydrogen) atoms. The van der Waals surface area contributed by atoms with Gasteiger partial charge in [0.2, 0.25) is 0 Å². The van der Waals surface area contributed by atoms with Crippen LogP contribution in [0, 0.1) is 47.4 Å². The molecule has 0 aliphatic carbocycles. The van der Waals surface area contributed by atoms with Crippen LogP contribution in [-0.4, -0.2) is 33.9 Å². The molecule has 1 atom stereocenters. The third-order valence-electron chi connectivity index (χ3n) is 5.62. The van der Waals surface area contributed by atoms with E-state index in [-0.39, 0.29) is 17.4 Å². The Balaban J connectivity index is 2.36. The first-order chi connectivity index (χ1) is 16.3. The minimum Gasteiger partial charge on any atom is -0.410 e. The lowest BCUT2D eigenvalue weighted by molar-refractivity contribution is -0.0454. The maximum atomic E-state index is 6.55. The third-order valence-corrected chi connectivity index (χ3v) is 10.1. The number of ether oxygens (including phenoxy) is 2. The van der Waals surface area contributed by atoms with E-state index in [4.69, 9.17) is 13.9 Å². The standard InChI is InChI=1S/C30H42O3Si/c1-7-8-20-23-28(33-34(5,6)30(2,3)4)24-21-18-16-14-12-10-9-11-13-15-17-19-22-25-29-31-26-27-32-29/h8,20-21,24,28-29H,7,9,14-15,22-23,25-27H2,1-6H3/b20-8-,24-21+. The van der Waals surface area contributed by atoms with E-state index in [0.717, 1.165) is 25.7 Å². The van der Waals surface area contributed by atoms with E-state index in [2.05, 4.69) is 106 Å². The Bertz CT molecular complexity index is 886. The van der Waals surface area contributed by atoms with Gasteiger partial charge < -0.3 is 13.9 Å². The predicted octanol–water partition coefficient (Wildman–Crippen LogP) is 6.63. The molecule has 0 N–H and O–H groups in total. The maximum absolute atomic E-state index is 6.55. The number of hydrogen-bond donors (Lipinski definition) is 0. The second-order valence-electron chi connectivity index (χ2n) is 9.51. The van der Waals surface area contributed by atoms with Gasteiger partial charge in [-0.3, -0.25) is 0 Å². The molecule has 0 radical (unpaired) electrons. The summed E-state index contributed by atoms with van der Waals surface area (Å²) in [6, 6.07) is 0. The van der Waals surface area contributed by atoms with Crippen LogP contribution < -0.4 is 0 Å². The molecule has 0 aromatic carbocycles. The van der Waals surface area contributed by atoms with Gasteiger partial charge in [-0.15, -0.1) is 5.92 Å². The van der Waals surface area contributed by atoms with Crippen molar-refractivity contribution in [1.29, 1.82) is 0 Å². The van der Waals surface area contributed by atoms with Crippen LogP contribution in [-0.2, 0) is 13.9 Å². The van der Waals surface area contributed by atoms with Crippen molar-refractivity contribution < 1.29 is 13.9 Å². The van der Waals surface area contributed by atoms with E-state index in [9.17, 15) is 0 Å². The van der Waals surface area contributed by atoms with Gasteiger partial charge in [-0.2, -0.15) is 0 Å². The molecule has 1 fully saturated rings. The van der Waals surface area contributed by atoms with Crippen molar-refractivity contribution in [2.24, 2.45) is 0 Å². The largest absolute Gasteiger partial charge is 0.410 e. The summed E-state index contributed by atoms with van der Waals surface area (Å²) in [5.74, 6) is 24.5. The lowest BCUT2D eigenvalue weighted by Gasteiger charge is -2.38. The summed E-state index contributed by atoms with van der Waals surface area (Å²) in [4.78, 5) is 0. The van der Waals surface area contributed by atoms with Crippen LogP contribution >= 0.6 is 0 Å². The van der Waals surface area contributed by atoms with Gasteiger partial charge in [0.05, 0.1) is 38.6 Å². The Morgan fingerprint density at radius 1 is 0.912 bits per heavy atom. The van der Waals surface area contributed by atoms with Crippen molar-refractivity contribution >= 4 is 8.32 Å². The fraction of sp³-hybridized carbons (Fsp3) is 0.600. The summed E-state index contributed by atoms with van der Waals surface area (Å²) in [6.07, 6.45) is 13.6. The molecule has 0 aromatic rings. The number of rotatable bonds is 8. The van der Waals surface area contributed by atoms with Crippen molar-refractivity contribution in [3.8, 4) is 47.4 Å². The second kappa shape index (κ2) is 17.3. The molecule has 3 nitrogen and oxygen atoms in total. The molecule has 184 valence electrons. The highest BCUT2D eigenvalue weighted by Crippen LogP contribution is 2.37. The number of allylic oxidation sites excluding steroid dienone is 2. The average molecular weight is 479 g/mol. The molecule has 0 bridgehead atoms. The zero-order valence-corrected chi connectivity index (χ0v) is 23.1. The van der Waals surface area contributed by atoms with Gasteiger partial charge in [0.1, 0.15) is 0 Å². The van der Waals surface area contributed by atoms with Gasteiger partial charge in [-0.25, -0.2) is 0 Å². The Kier molecular flexibility index (Phi) is 15.2. The normalized spacial score (nSPS) is 15.0. The first-order valence-electron chi connectivity index (χ1n) is 12.3. The minimum absolute atomic E-state index is 0.0619. The average Bonchev–Trinajstić information content (AvgIpc) is 3.29. The summed E-state index contributed by atoms with van der Waals surface area (Å²) >= 11 is 0.